The first-order valence-electron chi connectivity index (χ1n) is 3.86. The minimum Gasteiger partial charge on any atom is -0.392 e. The van der Waals surface area contributed by atoms with Crippen molar-refractivity contribution < 1.29 is 29.0 Å². The third-order valence-corrected chi connectivity index (χ3v) is 1.62. The molecule has 1 unspecified atom stereocenters. The third-order valence-electron chi connectivity index (χ3n) is 1.62. The minimum absolute atomic E-state index is 0.0482. The highest BCUT2D eigenvalue weighted by Gasteiger charge is 2.40. The van der Waals surface area contributed by atoms with Crippen LogP contribution in [-0.4, -0.2) is 35.3 Å². The molecule has 0 radical (unpaired) electrons. The van der Waals surface area contributed by atoms with Crippen LogP contribution in [-0.2, 0) is 23.9 Å². The molecule has 0 aliphatic carbocycles. The Balaban J connectivity index is 2.83. The smallest absolute Gasteiger partial charge is 0.392 e. The van der Waals surface area contributed by atoms with E-state index in [1.807, 2.05) is 0 Å². The van der Waals surface area contributed by atoms with E-state index in [-0.39, 0.29) is 19.1 Å². The van der Waals surface area contributed by atoms with Gasteiger partial charge in [-0.2, -0.15) is 0 Å². The van der Waals surface area contributed by atoms with Gasteiger partial charge in [-0.1, -0.05) is 0 Å². The van der Waals surface area contributed by atoms with Crippen LogP contribution in [0.5, 0.6) is 0 Å². The molecule has 0 saturated carbocycles. The van der Waals surface area contributed by atoms with Gasteiger partial charge in [-0.3, -0.25) is 14.4 Å². The fraction of sp³-hybridized carbons (Fsp3) is 0.571. The zero-order valence-electron chi connectivity index (χ0n) is 7.13. The maximum Gasteiger partial charge on any atom is 0.435 e. The van der Waals surface area contributed by atoms with Crippen molar-refractivity contribution in [3.8, 4) is 0 Å². The number of cyclic esters (lactones) is 2. The Bertz CT molecular complexity index is 277. The van der Waals surface area contributed by atoms with Gasteiger partial charge in [0.2, 0.25) is 6.29 Å². The van der Waals surface area contributed by atoms with Crippen LogP contribution in [0.1, 0.15) is 12.8 Å². The molecule has 14 heavy (non-hydrogen) atoms. The van der Waals surface area contributed by atoms with Crippen LogP contribution in [0.15, 0.2) is 0 Å². The van der Waals surface area contributed by atoms with E-state index in [2.05, 4.69) is 9.47 Å². The fourth-order valence-corrected chi connectivity index (χ4v) is 0.894. The van der Waals surface area contributed by atoms with Gasteiger partial charge < -0.3 is 20.3 Å². The minimum atomic E-state index is -2.84. The second-order valence-corrected chi connectivity index (χ2v) is 2.79. The zero-order valence-corrected chi connectivity index (χ0v) is 7.13. The lowest BCUT2D eigenvalue weighted by molar-refractivity contribution is -0.300. The van der Waals surface area contributed by atoms with Crippen LogP contribution in [0, 0.1) is 0 Å². The van der Waals surface area contributed by atoms with Crippen molar-refractivity contribution in [2.75, 3.05) is 0 Å². The van der Waals surface area contributed by atoms with Gasteiger partial charge in [0.05, 0.1) is 0 Å². The van der Waals surface area contributed by atoms with Crippen molar-refractivity contribution in [2.45, 2.75) is 24.9 Å². The molecule has 0 bridgehead atoms. The van der Waals surface area contributed by atoms with Crippen LogP contribution in [0.3, 0.4) is 0 Å². The molecule has 0 spiro atoms. The SMILES string of the molecule is N[C@@H]1CCC(=O)OC(O)(C=O)OC1=O. The summed E-state index contributed by atoms with van der Waals surface area (Å²) < 4.78 is 8.39. The Kier molecular flexibility index (Phi) is 2.82. The maximum absolute atomic E-state index is 11.0. The topological polar surface area (TPSA) is 116 Å². The summed E-state index contributed by atoms with van der Waals surface area (Å²) in [7, 11) is 0. The van der Waals surface area contributed by atoms with Crippen LogP contribution in [0.4, 0.5) is 0 Å². The first-order chi connectivity index (χ1) is 6.47. The predicted octanol–water partition coefficient (Wildman–Crippen LogP) is -1.96. The highest BCUT2D eigenvalue weighted by atomic mass is 16.8. The second-order valence-electron chi connectivity index (χ2n) is 2.79. The van der Waals surface area contributed by atoms with E-state index in [1.54, 1.807) is 0 Å². The summed E-state index contributed by atoms with van der Waals surface area (Å²) in [6.45, 7) is 0. The standard InChI is InChI=1S/C7H9NO6/c8-4-1-2-5(10)13-7(12,3-9)14-6(4)11/h3-4,12H,1-2,8H2/t4-,7?/m1/s1. The van der Waals surface area contributed by atoms with Gasteiger partial charge in [-0.05, 0) is 6.42 Å². The number of carbonyl (C=O) groups excluding carboxylic acids is 3. The summed E-state index contributed by atoms with van der Waals surface area (Å²) in [5.74, 6) is -4.69. The van der Waals surface area contributed by atoms with Crippen molar-refractivity contribution in [1.82, 2.24) is 0 Å². The maximum atomic E-state index is 11.0. The summed E-state index contributed by atoms with van der Waals surface area (Å²) in [6.07, 6.45) is -0.306. The summed E-state index contributed by atoms with van der Waals surface area (Å²) >= 11 is 0. The van der Waals surface area contributed by atoms with Crippen molar-refractivity contribution >= 4 is 18.2 Å². The van der Waals surface area contributed by atoms with Gasteiger partial charge in [-0.15, -0.1) is 0 Å². The molecular weight excluding hydrogens is 194 g/mol. The molecule has 1 heterocycles. The lowest BCUT2D eigenvalue weighted by Gasteiger charge is -2.25. The Morgan fingerprint density at radius 3 is 2.71 bits per heavy atom. The van der Waals surface area contributed by atoms with E-state index in [0.717, 1.165) is 0 Å². The Morgan fingerprint density at radius 2 is 2.14 bits per heavy atom. The molecule has 3 N–H and O–H groups in total. The van der Waals surface area contributed by atoms with Crippen LogP contribution < -0.4 is 5.73 Å². The van der Waals surface area contributed by atoms with Crippen molar-refractivity contribution in [3.05, 3.63) is 0 Å². The van der Waals surface area contributed by atoms with Gasteiger partial charge in [0.1, 0.15) is 6.04 Å². The number of rotatable bonds is 1. The molecule has 1 fully saturated rings. The van der Waals surface area contributed by atoms with Crippen LogP contribution >= 0.6 is 0 Å². The molecule has 0 aromatic heterocycles. The van der Waals surface area contributed by atoms with E-state index in [4.69, 9.17) is 10.8 Å². The molecule has 78 valence electrons. The molecule has 7 nitrogen and oxygen atoms in total. The second kappa shape index (κ2) is 3.72. The first-order valence-corrected chi connectivity index (χ1v) is 3.86. The number of carbonyl (C=O) groups is 3. The lowest BCUT2D eigenvalue weighted by atomic mass is 10.1. The molecule has 1 aliphatic rings. The average Bonchev–Trinajstić information content (AvgIpc) is 2.12. The number of hydrogen-bond acceptors (Lipinski definition) is 7. The molecular formula is C7H9NO6. The molecule has 2 atom stereocenters. The Morgan fingerprint density at radius 1 is 1.50 bits per heavy atom. The van der Waals surface area contributed by atoms with Gasteiger partial charge in [0.25, 0.3) is 0 Å². The molecule has 1 aliphatic heterocycles. The quantitative estimate of drug-likeness (QED) is 0.375. The summed E-state index contributed by atoms with van der Waals surface area (Å²) in [5.41, 5.74) is 5.28. The number of hydrogen-bond donors (Lipinski definition) is 2. The summed E-state index contributed by atoms with van der Waals surface area (Å²) in [5, 5.41) is 9.13. The number of ether oxygens (including phenoxy) is 2. The van der Waals surface area contributed by atoms with E-state index < -0.39 is 24.0 Å². The van der Waals surface area contributed by atoms with E-state index in [9.17, 15) is 14.4 Å². The average molecular weight is 203 g/mol. The highest BCUT2D eigenvalue weighted by Crippen LogP contribution is 2.14. The van der Waals surface area contributed by atoms with Gasteiger partial charge in [0, 0.05) is 6.42 Å². The predicted molar refractivity (Wildman–Crippen MR) is 40.4 cm³/mol. The largest absolute Gasteiger partial charge is 0.435 e. The van der Waals surface area contributed by atoms with Crippen molar-refractivity contribution in [1.29, 1.82) is 0 Å². The third kappa shape index (κ3) is 2.27. The molecule has 0 aromatic rings. The van der Waals surface area contributed by atoms with Crippen molar-refractivity contribution in [3.63, 3.8) is 0 Å². The monoisotopic (exact) mass is 203 g/mol. The molecule has 1 saturated heterocycles. The zero-order chi connectivity index (χ0) is 10.8. The number of aldehydes is 1. The Hall–Kier alpha value is -1.47. The van der Waals surface area contributed by atoms with E-state index >= 15 is 0 Å². The molecule has 1 rings (SSSR count). The normalized spacial score (nSPS) is 33.7. The van der Waals surface area contributed by atoms with Gasteiger partial charge in [-0.25, -0.2) is 0 Å². The van der Waals surface area contributed by atoms with Crippen molar-refractivity contribution in [2.24, 2.45) is 5.73 Å². The molecule has 0 aromatic carbocycles. The van der Waals surface area contributed by atoms with Gasteiger partial charge >= 0.3 is 17.9 Å². The van der Waals surface area contributed by atoms with E-state index in [1.165, 1.54) is 0 Å². The molecule has 7 heteroatoms. The molecule has 0 amide bonds. The number of aliphatic hydroxyl groups is 1. The fourth-order valence-electron chi connectivity index (χ4n) is 0.894. The summed E-state index contributed by atoms with van der Waals surface area (Å²) in [4.78, 5) is 32.2. The first kappa shape index (κ1) is 10.6. The lowest BCUT2D eigenvalue weighted by Crippen LogP contribution is -2.48. The number of nitrogens with two attached hydrogens (primary N) is 1. The van der Waals surface area contributed by atoms with Crippen LogP contribution in [0.2, 0.25) is 0 Å². The van der Waals surface area contributed by atoms with Gasteiger partial charge in [0.15, 0.2) is 0 Å². The van der Waals surface area contributed by atoms with E-state index in [0.29, 0.717) is 0 Å². The highest BCUT2D eigenvalue weighted by molar-refractivity contribution is 5.81. The number of esters is 2. The van der Waals surface area contributed by atoms with Crippen LogP contribution in [0.25, 0.3) is 0 Å². The summed E-state index contributed by atoms with van der Waals surface area (Å²) in [6, 6.07) is -1.05. The Labute approximate surface area is 78.8 Å².